The summed E-state index contributed by atoms with van der Waals surface area (Å²) >= 11 is 17.5. The van der Waals surface area contributed by atoms with Crippen LogP contribution < -0.4 is 0 Å². The molecule has 0 fully saturated rings. The first-order valence-corrected chi connectivity index (χ1v) is 7.63. The molecule has 0 N–H and O–H groups in total. The van der Waals surface area contributed by atoms with E-state index in [0.29, 0.717) is 0 Å². The van der Waals surface area contributed by atoms with Crippen LogP contribution in [0.4, 0.5) is 0 Å². The van der Waals surface area contributed by atoms with Gasteiger partial charge >= 0.3 is 0 Å². The average Bonchev–Trinajstić information content (AvgIpc) is 2.57. The molecule has 0 aliphatic carbocycles. The van der Waals surface area contributed by atoms with Crippen molar-refractivity contribution in [3.8, 4) is 0 Å². The van der Waals surface area contributed by atoms with Gasteiger partial charge in [0.2, 0.25) is 0 Å². The number of alkyl halides is 1. The molecule has 0 nitrogen and oxygen atoms in total. The molecule has 0 saturated heterocycles. The summed E-state index contributed by atoms with van der Waals surface area (Å²) in [4.78, 5) is 1.35. The van der Waals surface area contributed by atoms with Crippen molar-refractivity contribution in [3.63, 3.8) is 0 Å². The van der Waals surface area contributed by atoms with Gasteiger partial charge in [0, 0.05) is 9.90 Å². The smallest absolute Gasteiger partial charge is 0.0960 e. The van der Waals surface area contributed by atoms with E-state index in [1.165, 1.54) is 4.88 Å². The van der Waals surface area contributed by atoms with Crippen LogP contribution in [0.25, 0.3) is 0 Å². The molecule has 0 bridgehead atoms. The van der Waals surface area contributed by atoms with Gasteiger partial charge in [-0.2, -0.15) is 0 Å². The maximum Gasteiger partial charge on any atom is 0.0960 e. The van der Waals surface area contributed by atoms with Crippen LogP contribution in [0, 0.1) is 13.8 Å². The highest BCUT2D eigenvalue weighted by Gasteiger charge is 2.15. The molecule has 0 spiro atoms. The largest absolute Gasteiger partial charge is 0.127 e. The van der Waals surface area contributed by atoms with Crippen molar-refractivity contribution in [2.75, 3.05) is 0 Å². The highest BCUT2D eigenvalue weighted by Crippen LogP contribution is 2.39. The SMILES string of the molecule is Cc1cc(Cl)cc(C(Br)c2cc(C)c(Cl)s2)c1. The fourth-order valence-electron chi connectivity index (χ4n) is 1.68. The zero-order valence-electron chi connectivity index (χ0n) is 9.43. The van der Waals surface area contributed by atoms with Crippen molar-refractivity contribution in [1.29, 1.82) is 0 Å². The summed E-state index contributed by atoms with van der Waals surface area (Å²) in [5.74, 6) is 0. The summed E-state index contributed by atoms with van der Waals surface area (Å²) < 4.78 is 0.850. The van der Waals surface area contributed by atoms with Gasteiger partial charge in [-0.25, -0.2) is 0 Å². The Morgan fingerprint density at radius 3 is 2.35 bits per heavy atom. The lowest BCUT2D eigenvalue weighted by atomic mass is 10.1. The van der Waals surface area contributed by atoms with Gasteiger partial charge in [-0.05, 0) is 48.7 Å². The van der Waals surface area contributed by atoms with Gasteiger partial charge < -0.3 is 0 Å². The summed E-state index contributed by atoms with van der Waals surface area (Å²) in [6.07, 6.45) is 0. The van der Waals surface area contributed by atoms with E-state index in [9.17, 15) is 0 Å². The Morgan fingerprint density at radius 1 is 1.12 bits per heavy atom. The topological polar surface area (TPSA) is 0 Å². The van der Waals surface area contributed by atoms with Gasteiger partial charge in [-0.15, -0.1) is 11.3 Å². The van der Waals surface area contributed by atoms with E-state index in [-0.39, 0.29) is 4.83 Å². The maximum absolute atomic E-state index is 6.10. The normalized spacial score (nSPS) is 12.8. The minimum atomic E-state index is 0.149. The fourth-order valence-corrected chi connectivity index (χ4v) is 3.88. The molecule has 0 aliphatic rings. The van der Waals surface area contributed by atoms with Crippen LogP contribution in [0.1, 0.15) is 26.4 Å². The van der Waals surface area contributed by atoms with Crippen LogP contribution in [0.15, 0.2) is 24.3 Å². The Labute approximate surface area is 124 Å². The molecule has 2 rings (SSSR count). The molecule has 0 saturated carbocycles. The third-order valence-corrected chi connectivity index (χ3v) is 5.65. The Bertz CT molecular complexity index is 509. The van der Waals surface area contributed by atoms with Gasteiger partial charge in [0.05, 0.1) is 9.16 Å². The molecule has 17 heavy (non-hydrogen) atoms. The lowest BCUT2D eigenvalue weighted by Crippen LogP contribution is -1.90. The quantitative estimate of drug-likeness (QED) is 0.570. The van der Waals surface area contributed by atoms with Gasteiger partial charge in [-0.1, -0.05) is 45.2 Å². The zero-order valence-corrected chi connectivity index (χ0v) is 13.3. The number of thiophene rings is 1. The summed E-state index contributed by atoms with van der Waals surface area (Å²) in [7, 11) is 0. The molecule has 0 radical (unpaired) electrons. The lowest BCUT2D eigenvalue weighted by Gasteiger charge is -2.09. The van der Waals surface area contributed by atoms with E-state index in [1.807, 2.05) is 26.0 Å². The van der Waals surface area contributed by atoms with Crippen LogP contribution >= 0.6 is 50.5 Å². The third kappa shape index (κ3) is 3.05. The van der Waals surface area contributed by atoms with Gasteiger partial charge in [0.25, 0.3) is 0 Å². The van der Waals surface area contributed by atoms with E-state index in [0.717, 1.165) is 26.0 Å². The predicted octanol–water partition coefficient (Wildman–Crippen LogP) is 6.16. The van der Waals surface area contributed by atoms with E-state index >= 15 is 0 Å². The molecule has 1 heterocycles. The molecule has 4 heteroatoms. The Balaban J connectivity index is 2.39. The molecule has 2 aromatic rings. The fraction of sp³-hybridized carbons (Fsp3) is 0.231. The Hall–Kier alpha value is -0.0200. The summed E-state index contributed by atoms with van der Waals surface area (Å²) in [6.45, 7) is 4.06. The van der Waals surface area contributed by atoms with Gasteiger partial charge in [0.1, 0.15) is 0 Å². The third-order valence-electron chi connectivity index (χ3n) is 2.48. The molecule has 90 valence electrons. The standard InChI is InChI=1S/C13H11BrCl2S/c1-7-3-9(6-10(15)4-7)12(14)11-5-8(2)13(16)17-11/h3-6,12H,1-2H3. The van der Waals surface area contributed by atoms with Crippen molar-refractivity contribution < 1.29 is 0 Å². The Morgan fingerprint density at radius 2 is 1.82 bits per heavy atom. The van der Waals surface area contributed by atoms with Crippen LogP contribution in [0.5, 0.6) is 0 Å². The summed E-state index contributed by atoms with van der Waals surface area (Å²) in [5, 5.41) is 0.767. The first kappa shape index (κ1) is 13.4. The molecule has 1 unspecified atom stereocenters. The molecular weight excluding hydrogens is 339 g/mol. The molecule has 0 amide bonds. The van der Waals surface area contributed by atoms with E-state index < -0.39 is 0 Å². The van der Waals surface area contributed by atoms with Crippen LogP contribution in [-0.2, 0) is 0 Å². The average molecular weight is 350 g/mol. The molecule has 1 aromatic heterocycles. The predicted molar refractivity (Wildman–Crippen MR) is 81.0 cm³/mol. The molecular formula is C13H11BrCl2S. The number of rotatable bonds is 2. The van der Waals surface area contributed by atoms with Crippen molar-refractivity contribution in [2.45, 2.75) is 18.7 Å². The highest BCUT2D eigenvalue weighted by molar-refractivity contribution is 9.09. The maximum atomic E-state index is 6.10. The second kappa shape index (κ2) is 5.31. The number of halogens is 3. The number of hydrogen-bond donors (Lipinski definition) is 0. The number of aryl methyl sites for hydroxylation is 2. The van der Waals surface area contributed by atoms with Crippen LogP contribution in [-0.4, -0.2) is 0 Å². The molecule has 1 atom stereocenters. The van der Waals surface area contributed by atoms with Crippen LogP contribution in [0.3, 0.4) is 0 Å². The Kier molecular flexibility index (Phi) is 4.19. The van der Waals surface area contributed by atoms with Gasteiger partial charge in [-0.3, -0.25) is 0 Å². The molecule has 0 aliphatic heterocycles. The number of hydrogen-bond acceptors (Lipinski definition) is 1. The first-order valence-electron chi connectivity index (χ1n) is 5.14. The van der Waals surface area contributed by atoms with Crippen molar-refractivity contribution in [3.05, 3.63) is 55.2 Å². The van der Waals surface area contributed by atoms with E-state index in [4.69, 9.17) is 23.2 Å². The second-order valence-corrected chi connectivity index (χ2v) is 7.07. The molecule has 1 aromatic carbocycles. The van der Waals surface area contributed by atoms with Crippen LogP contribution in [0.2, 0.25) is 9.36 Å². The van der Waals surface area contributed by atoms with Crippen molar-refractivity contribution in [1.82, 2.24) is 0 Å². The zero-order chi connectivity index (χ0) is 12.6. The van der Waals surface area contributed by atoms with Crippen molar-refractivity contribution in [2.24, 2.45) is 0 Å². The minimum Gasteiger partial charge on any atom is -0.127 e. The highest BCUT2D eigenvalue weighted by atomic mass is 79.9. The van der Waals surface area contributed by atoms with E-state index in [2.05, 4.69) is 28.1 Å². The number of benzene rings is 1. The minimum absolute atomic E-state index is 0.149. The van der Waals surface area contributed by atoms with Crippen molar-refractivity contribution >= 4 is 50.5 Å². The summed E-state index contributed by atoms with van der Waals surface area (Å²) in [6, 6.07) is 8.19. The first-order chi connectivity index (χ1) is 7.97. The lowest BCUT2D eigenvalue weighted by molar-refractivity contribution is 1.21. The van der Waals surface area contributed by atoms with Gasteiger partial charge in [0.15, 0.2) is 0 Å². The second-order valence-electron chi connectivity index (χ2n) is 4.03. The van der Waals surface area contributed by atoms with E-state index in [1.54, 1.807) is 11.3 Å². The monoisotopic (exact) mass is 348 g/mol. The summed E-state index contributed by atoms with van der Waals surface area (Å²) in [5.41, 5.74) is 3.44.